The molecule has 0 heterocycles. The van der Waals surface area contributed by atoms with Gasteiger partial charge in [0, 0.05) is 31.2 Å². The summed E-state index contributed by atoms with van der Waals surface area (Å²) in [6, 6.07) is 6.49. The van der Waals surface area contributed by atoms with Crippen LogP contribution in [0.1, 0.15) is 36.8 Å². The van der Waals surface area contributed by atoms with Crippen LogP contribution in [0.25, 0.3) is 0 Å². The minimum Gasteiger partial charge on any atom is -0.356 e. The van der Waals surface area contributed by atoms with Crippen molar-refractivity contribution in [2.24, 2.45) is 0 Å². The maximum absolute atomic E-state index is 12.5. The average Bonchev–Trinajstić information content (AvgIpc) is 3.43. The predicted molar refractivity (Wildman–Crippen MR) is 110 cm³/mol. The molecule has 0 spiro atoms. The Morgan fingerprint density at radius 1 is 1.11 bits per heavy atom. The molecule has 0 saturated heterocycles. The van der Waals surface area contributed by atoms with E-state index >= 15 is 0 Å². The number of carbonyl (C=O) groups is 2. The van der Waals surface area contributed by atoms with Crippen molar-refractivity contribution >= 4 is 17.5 Å². The second kappa shape index (κ2) is 10.4. The maximum atomic E-state index is 12.5. The summed E-state index contributed by atoms with van der Waals surface area (Å²) in [6.45, 7) is 6.65. The summed E-state index contributed by atoms with van der Waals surface area (Å²) in [5.41, 5.74) is 3.05. The monoisotopic (exact) mass is 374 g/mol. The molecule has 1 saturated carbocycles. The van der Waals surface area contributed by atoms with Crippen LogP contribution in [0.15, 0.2) is 18.2 Å². The van der Waals surface area contributed by atoms with E-state index in [1.807, 2.05) is 46.1 Å². The highest BCUT2D eigenvalue weighted by molar-refractivity contribution is 5.93. The largest absolute Gasteiger partial charge is 0.356 e. The average molecular weight is 375 g/mol. The van der Waals surface area contributed by atoms with Gasteiger partial charge in [-0.1, -0.05) is 12.1 Å². The summed E-state index contributed by atoms with van der Waals surface area (Å²) in [6.07, 6.45) is 3.61. The smallest absolute Gasteiger partial charge is 0.238 e. The van der Waals surface area contributed by atoms with E-state index in [9.17, 15) is 9.59 Å². The third kappa shape index (κ3) is 8.10. The number of hydrogen-bond donors (Lipinski definition) is 2. The van der Waals surface area contributed by atoms with Gasteiger partial charge in [0.25, 0.3) is 0 Å². The van der Waals surface area contributed by atoms with E-state index in [4.69, 9.17) is 0 Å². The van der Waals surface area contributed by atoms with Gasteiger partial charge in [-0.2, -0.15) is 0 Å². The summed E-state index contributed by atoms with van der Waals surface area (Å²) in [5.74, 6) is 0.0522. The SMILES string of the molecule is Cc1ccc(C)c(NC(=O)CN(CCC(=O)NCCCN(C)C)C2CC2)c1. The van der Waals surface area contributed by atoms with Crippen molar-refractivity contribution in [3.63, 3.8) is 0 Å². The minimum atomic E-state index is -0.0120. The lowest BCUT2D eigenvalue weighted by atomic mass is 10.1. The molecule has 1 aromatic rings. The van der Waals surface area contributed by atoms with Gasteiger partial charge in [-0.3, -0.25) is 14.5 Å². The number of nitrogens with one attached hydrogen (secondary N) is 2. The fourth-order valence-corrected chi connectivity index (χ4v) is 3.03. The van der Waals surface area contributed by atoms with Crippen LogP contribution in [0.5, 0.6) is 0 Å². The maximum Gasteiger partial charge on any atom is 0.238 e. The molecule has 0 aromatic heterocycles. The molecular weight excluding hydrogens is 340 g/mol. The molecule has 6 nitrogen and oxygen atoms in total. The lowest BCUT2D eigenvalue weighted by molar-refractivity contribution is -0.122. The van der Waals surface area contributed by atoms with E-state index < -0.39 is 0 Å². The van der Waals surface area contributed by atoms with Gasteiger partial charge in [0.2, 0.25) is 11.8 Å². The first-order chi connectivity index (χ1) is 12.8. The van der Waals surface area contributed by atoms with Crippen molar-refractivity contribution in [1.29, 1.82) is 0 Å². The molecule has 1 aliphatic carbocycles. The fourth-order valence-electron chi connectivity index (χ4n) is 3.03. The minimum absolute atomic E-state index is 0.0120. The number of amides is 2. The molecule has 1 aliphatic rings. The van der Waals surface area contributed by atoms with Crippen LogP contribution in [0, 0.1) is 13.8 Å². The zero-order valence-corrected chi connectivity index (χ0v) is 17.2. The van der Waals surface area contributed by atoms with Crippen molar-refractivity contribution < 1.29 is 9.59 Å². The molecule has 1 fully saturated rings. The van der Waals surface area contributed by atoms with Crippen molar-refractivity contribution in [2.75, 3.05) is 45.6 Å². The second-order valence-electron chi connectivity index (χ2n) is 7.82. The molecule has 27 heavy (non-hydrogen) atoms. The van der Waals surface area contributed by atoms with Crippen LogP contribution in [0.4, 0.5) is 5.69 Å². The Labute approximate surface area is 163 Å². The number of carbonyl (C=O) groups excluding carboxylic acids is 2. The van der Waals surface area contributed by atoms with Crippen LogP contribution < -0.4 is 10.6 Å². The van der Waals surface area contributed by atoms with Gasteiger partial charge < -0.3 is 15.5 Å². The Morgan fingerprint density at radius 2 is 1.85 bits per heavy atom. The number of rotatable bonds is 11. The first-order valence-corrected chi connectivity index (χ1v) is 9.87. The third-order valence-electron chi connectivity index (χ3n) is 4.81. The van der Waals surface area contributed by atoms with Gasteiger partial charge in [0.15, 0.2) is 0 Å². The lowest BCUT2D eigenvalue weighted by Gasteiger charge is -2.21. The molecule has 0 unspecified atom stereocenters. The van der Waals surface area contributed by atoms with E-state index in [1.165, 1.54) is 0 Å². The zero-order valence-electron chi connectivity index (χ0n) is 17.2. The zero-order chi connectivity index (χ0) is 19.8. The normalized spacial score (nSPS) is 13.9. The molecule has 0 atom stereocenters. The second-order valence-corrected chi connectivity index (χ2v) is 7.82. The van der Waals surface area contributed by atoms with Crippen molar-refractivity contribution in [3.05, 3.63) is 29.3 Å². The molecule has 1 aromatic carbocycles. The van der Waals surface area contributed by atoms with Gasteiger partial charge in [0.05, 0.1) is 6.54 Å². The van der Waals surface area contributed by atoms with Crippen molar-refractivity contribution in [2.45, 2.75) is 45.6 Å². The molecule has 2 N–H and O–H groups in total. The Morgan fingerprint density at radius 3 is 2.52 bits per heavy atom. The van der Waals surface area contributed by atoms with Crippen LogP contribution in [0.3, 0.4) is 0 Å². The number of anilines is 1. The quantitative estimate of drug-likeness (QED) is 0.583. The highest BCUT2D eigenvalue weighted by Gasteiger charge is 2.30. The topological polar surface area (TPSA) is 64.7 Å². The summed E-state index contributed by atoms with van der Waals surface area (Å²) in [7, 11) is 4.05. The summed E-state index contributed by atoms with van der Waals surface area (Å²) in [4.78, 5) is 28.8. The van der Waals surface area contributed by atoms with Gasteiger partial charge in [-0.15, -0.1) is 0 Å². The summed E-state index contributed by atoms with van der Waals surface area (Å²) < 4.78 is 0. The van der Waals surface area contributed by atoms with E-state index in [1.54, 1.807) is 0 Å². The molecule has 2 amide bonds. The van der Waals surface area contributed by atoms with E-state index in [0.717, 1.165) is 42.6 Å². The van der Waals surface area contributed by atoms with Crippen LogP contribution in [-0.4, -0.2) is 67.9 Å². The van der Waals surface area contributed by atoms with Gasteiger partial charge >= 0.3 is 0 Å². The number of hydrogen-bond acceptors (Lipinski definition) is 4. The number of benzene rings is 1. The van der Waals surface area contributed by atoms with E-state index in [-0.39, 0.29) is 11.8 Å². The Balaban J connectivity index is 1.75. The summed E-state index contributed by atoms with van der Waals surface area (Å²) >= 11 is 0. The number of aryl methyl sites for hydroxylation is 2. The molecule has 0 radical (unpaired) electrons. The predicted octanol–water partition coefficient (Wildman–Crippen LogP) is 2.16. The van der Waals surface area contributed by atoms with Gasteiger partial charge in [-0.05, 0) is 70.9 Å². The Kier molecular flexibility index (Phi) is 8.25. The standard InChI is InChI=1S/C21H34N4O2/c1-16-6-7-17(2)19(14-16)23-21(27)15-25(18-8-9-18)13-10-20(26)22-11-5-12-24(3)4/h6-7,14,18H,5,8-13,15H2,1-4H3,(H,22,26)(H,23,27). The molecule has 150 valence electrons. The third-order valence-corrected chi connectivity index (χ3v) is 4.81. The molecule has 2 rings (SSSR count). The van der Waals surface area contributed by atoms with Gasteiger partial charge in [-0.25, -0.2) is 0 Å². The van der Waals surface area contributed by atoms with Gasteiger partial charge in [0.1, 0.15) is 0 Å². The first-order valence-electron chi connectivity index (χ1n) is 9.87. The van der Waals surface area contributed by atoms with Crippen LogP contribution in [0.2, 0.25) is 0 Å². The van der Waals surface area contributed by atoms with Crippen molar-refractivity contribution in [3.8, 4) is 0 Å². The fraction of sp³-hybridized carbons (Fsp3) is 0.619. The highest BCUT2D eigenvalue weighted by Crippen LogP contribution is 2.27. The molecule has 0 bridgehead atoms. The van der Waals surface area contributed by atoms with Crippen molar-refractivity contribution in [1.82, 2.24) is 15.1 Å². The Bertz CT molecular complexity index is 641. The summed E-state index contributed by atoms with van der Waals surface area (Å²) in [5, 5.41) is 5.99. The molecule has 6 heteroatoms. The van der Waals surface area contributed by atoms with Crippen LogP contribution in [-0.2, 0) is 9.59 Å². The lowest BCUT2D eigenvalue weighted by Crippen LogP contribution is -2.38. The molecular formula is C21H34N4O2. The van der Waals surface area contributed by atoms with Crippen LogP contribution >= 0.6 is 0 Å². The van der Waals surface area contributed by atoms with E-state index in [2.05, 4.69) is 20.4 Å². The highest BCUT2D eigenvalue weighted by atomic mass is 16.2. The first kappa shape index (κ1) is 21.4. The van der Waals surface area contributed by atoms with E-state index in [0.29, 0.717) is 32.1 Å². The Hall–Kier alpha value is -1.92. The number of nitrogens with zero attached hydrogens (tertiary/aromatic N) is 2. The molecule has 0 aliphatic heterocycles.